The molecule has 0 radical (unpaired) electrons. The first-order valence-electron chi connectivity index (χ1n) is 11.2. The van der Waals surface area contributed by atoms with Crippen LogP contribution < -0.4 is 10.2 Å². The number of ether oxygens (including phenoxy) is 1. The topological polar surface area (TPSA) is 68.8 Å². The van der Waals surface area contributed by atoms with E-state index >= 15 is 0 Å². The van der Waals surface area contributed by atoms with E-state index < -0.39 is 0 Å². The molecule has 8 heteroatoms. The van der Waals surface area contributed by atoms with Crippen molar-refractivity contribution in [3.63, 3.8) is 0 Å². The normalized spacial score (nSPS) is 14.0. The van der Waals surface area contributed by atoms with Crippen molar-refractivity contribution in [1.82, 2.24) is 20.2 Å². The van der Waals surface area contributed by atoms with Crippen molar-refractivity contribution in [3.8, 4) is 11.3 Å². The van der Waals surface area contributed by atoms with E-state index in [1.54, 1.807) is 0 Å². The molecule has 0 unspecified atom stereocenters. The van der Waals surface area contributed by atoms with Crippen molar-refractivity contribution >= 4 is 35.6 Å². The summed E-state index contributed by atoms with van der Waals surface area (Å²) in [6.07, 6.45) is 1.89. The lowest BCUT2D eigenvalue weighted by Crippen LogP contribution is -2.38. The Morgan fingerprint density at radius 2 is 1.85 bits per heavy atom. The lowest BCUT2D eigenvalue weighted by atomic mass is 10.2. The third-order valence-electron chi connectivity index (χ3n) is 5.52. The molecule has 2 N–H and O–H groups in total. The maximum atomic E-state index is 5.44. The van der Waals surface area contributed by atoms with Crippen LogP contribution in [0.1, 0.15) is 18.3 Å². The Balaban J connectivity index is 0.00000306. The minimum atomic E-state index is 0. The fourth-order valence-electron chi connectivity index (χ4n) is 3.78. The fourth-order valence-corrected chi connectivity index (χ4v) is 3.78. The van der Waals surface area contributed by atoms with Gasteiger partial charge in [0.25, 0.3) is 0 Å². The minimum absolute atomic E-state index is 0. The number of hydrogen-bond donors (Lipinski definition) is 2. The number of imidazole rings is 1. The van der Waals surface area contributed by atoms with Crippen molar-refractivity contribution in [2.45, 2.75) is 20.0 Å². The van der Waals surface area contributed by atoms with E-state index in [4.69, 9.17) is 9.73 Å². The fraction of sp³-hybridized carbons (Fsp3) is 0.360. The molecule has 7 nitrogen and oxygen atoms in total. The van der Waals surface area contributed by atoms with Gasteiger partial charge in [-0.3, -0.25) is 0 Å². The highest BCUT2D eigenvalue weighted by molar-refractivity contribution is 14.0. The summed E-state index contributed by atoms with van der Waals surface area (Å²) in [5, 5.41) is 3.39. The summed E-state index contributed by atoms with van der Waals surface area (Å²) in [7, 11) is 2.04. The van der Waals surface area contributed by atoms with E-state index in [-0.39, 0.29) is 24.0 Å². The number of guanidine groups is 1. The van der Waals surface area contributed by atoms with Crippen LogP contribution in [0.25, 0.3) is 11.3 Å². The molecule has 0 amide bonds. The SMILES string of the molecule is CCNC(=NCc1ccc(N2CCOCC2)cc1)N(C)Cc1ncc(-c2ccccc2)[nH]1.I. The van der Waals surface area contributed by atoms with E-state index in [0.717, 1.165) is 55.9 Å². The van der Waals surface area contributed by atoms with Crippen LogP contribution in [-0.2, 0) is 17.8 Å². The average Bonchev–Trinajstić information content (AvgIpc) is 3.31. The van der Waals surface area contributed by atoms with Gasteiger partial charge < -0.3 is 24.8 Å². The van der Waals surface area contributed by atoms with Gasteiger partial charge in [-0.05, 0) is 30.2 Å². The largest absolute Gasteiger partial charge is 0.378 e. The molecule has 1 fully saturated rings. The number of benzene rings is 2. The number of aliphatic imine (C=N–C) groups is 1. The Kier molecular flexibility index (Phi) is 9.56. The molecular weight excluding hydrogens is 527 g/mol. The van der Waals surface area contributed by atoms with Crippen molar-refractivity contribution in [3.05, 3.63) is 72.2 Å². The van der Waals surface area contributed by atoms with Crippen LogP contribution in [0.3, 0.4) is 0 Å². The van der Waals surface area contributed by atoms with Gasteiger partial charge in [0, 0.05) is 32.4 Å². The van der Waals surface area contributed by atoms with E-state index in [1.165, 1.54) is 11.3 Å². The molecule has 176 valence electrons. The molecule has 2 aromatic carbocycles. The summed E-state index contributed by atoms with van der Waals surface area (Å²) in [6, 6.07) is 18.9. The number of nitrogens with one attached hydrogen (secondary N) is 2. The molecule has 0 saturated carbocycles. The predicted octanol–water partition coefficient (Wildman–Crippen LogP) is 4.13. The Bertz CT molecular complexity index is 999. The summed E-state index contributed by atoms with van der Waals surface area (Å²) >= 11 is 0. The lowest BCUT2D eigenvalue weighted by Gasteiger charge is -2.28. The van der Waals surface area contributed by atoms with Crippen LogP contribution in [0, 0.1) is 0 Å². The van der Waals surface area contributed by atoms with Gasteiger partial charge in [0.05, 0.1) is 38.2 Å². The van der Waals surface area contributed by atoms with Gasteiger partial charge in [0.2, 0.25) is 0 Å². The maximum absolute atomic E-state index is 5.44. The van der Waals surface area contributed by atoms with Crippen LogP contribution in [0.4, 0.5) is 5.69 Å². The second-order valence-electron chi connectivity index (χ2n) is 7.90. The first-order valence-corrected chi connectivity index (χ1v) is 11.2. The first kappa shape index (κ1) is 25.0. The zero-order valence-electron chi connectivity index (χ0n) is 19.3. The van der Waals surface area contributed by atoms with Gasteiger partial charge >= 0.3 is 0 Å². The van der Waals surface area contributed by atoms with Crippen molar-refractivity contribution in [2.24, 2.45) is 4.99 Å². The summed E-state index contributed by atoms with van der Waals surface area (Å²) in [5.74, 6) is 1.77. The smallest absolute Gasteiger partial charge is 0.194 e. The van der Waals surface area contributed by atoms with Crippen molar-refractivity contribution in [2.75, 3.05) is 44.8 Å². The van der Waals surface area contributed by atoms with E-state index in [9.17, 15) is 0 Å². The van der Waals surface area contributed by atoms with Crippen LogP contribution in [0.2, 0.25) is 0 Å². The lowest BCUT2D eigenvalue weighted by molar-refractivity contribution is 0.122. The summed E-state index contributed by atoms with van der Waals surface area (Å²) in [5.41, 5.74) is 4.60. The number of aromatic amines is 1. The quantitative estimate of drug-likeness (QED) is 0.259. The molecule has 2 heterocycles. The van der Waals surface area contributed by atoms with Gasteiger partial charge in [-0.2, -0.15) is 0 Å². The van der Waals surface area contributed by atoms with Gasteiger partial charge in [-0.15, -0.1) is 24.0 Å². The Morgan fingerprint density at radius 3 is 2.55 bits per heavy atom. The van der Waals surface area contributed by atoms with E-state index in [0.29, 0.717) is 13.1 Å². The number of halogens is 1. The molecule has 1 aromatic heterocycles. The van der Waals surface area contributed by atoms with Crippen molar-refractivity contribution in [1.29, 1.82) is 0 Å². The second kappa shape index (κ2) is 12.6. The highest BCUT2D eigenvalue weighted by Crippen LogP contribution is 2.18. The number of aromatic nitrogens is 2. The molecule has 4 rings (SSSR count). The van der Waals surface area contributed by atoms with Crippen molar-refractivity contribution < 1.29 is 4.74 Å². The van der Waals surface area contributed by atoms with Gasteiger partial charge in [0.15, 0.2) is 5.96 Å². The monoisotopic (exact) mass is 560 g/mol. The summed E-state index contributed by atoms with van der Waals surface area (Å²) in [4.78, 5) is 17.3. The molecule has 1 saturated heterocycles. The minimum Gasteiger partial charge on any atom is -0.378 e. The number of nitrogens with zero attached hydrogens (tertiary/aromatic N) is 4. The summed E-state index contributed by atoms with van der Waals surface area (Å²) < 4.78 is 5.44. The molecule has 0 spiro atoms. The van der Waals surface area contributed by atoms with Gasteiger partial charge in [-0.25, -0.2) is 9.98 Å². The molecule has 3 aromatic rings. The van der Waals surface area contributed by atoms with Gasteiger partial charge in [-0.1, -0.05) is 42.5 Å². The standard InChI is InChI=1S/C25H32N6O.HI/c1-3-26-25(28-17-20-9-11-22(12-10-20)31-13-15-32-16-14-31)30(2)19-24-27-18-23(29-24)21-7-5-4-6-8-21;/h4-12,18H,3,13-17,19H2,1-2H3,(H,26,28)(H,27,29);1H. The Morgan fingerprint density at radius 1 is 1.12 bits per heavy atom. The van der Waals surface area contributed by atoms with Crippen LogP contribution in [0.5, 0.6) is 0 Å². The predicted molar refractivity (Wildman–Crippen MR) is 145 cm³/mol. The maximum Gasteiger partial charge on any atom is 0.194 e. The zero-order chi connectivity index (χ0) is 22.2. The molecule has 0 aliphatic carbocycles. The van der Waals surface area contributed by atoms with E-state index in [1.807, 2.05) is 31.4 Å². The molecule has 0 bridgehead atoms. The molecule has 1 aliphatic rings. The number of anilines is 1. The summed E-state index contributed by atoms with van der Waals surface area (Å²) in [6.45, 7) is 7.67. The highest BCUT2D eigenvalue weighted by Gasteiger charge is 2.12. The average molecular weight is 560 g/mol. The van der Waals surface area contributed by atoms with Crippen LogP contribution in [-0.4, -0.2) is 60.7 Å². The molecule has 33 heavy (non-hydrogen) atoms. The second-order valence-corrected chi connectivity index (χ2v) is 7.90. The molecular formula is C25H33IN6O. The van der Waals surface area contributed by atoms with Crippen LogP contribution >= 0.6 is 24.0 Å². The highest BCUT2D eigenvalue weighted by atomic mass is 127. The number of rotatable bonds is 7. The van der Waals surface area contributed by atoms with E-state index in [2.05, 4.69) is 68.4 Å². The third-order valence-corrected chi connectivity index (χ3v) is 5.52. The number of hydrogen-bond acceptors (Lipinski definition) is 4. The Labute approximate surface area is 213 Å². The third kappa shape index (κ3) is 6.94. The molecule has 0 atom stereocenters. The number of morpholine rings is 1. The Hall–Kier alpha value is -2.59. The first-order chi connectivity index (χ1) is 15.7. The molecule has 1 aliphatic heterocycles. The zero-order valence-corrected chi connectivity index (χ0v) is 21.7. The van der Waals surface area contributed by atoms with Gasteiger partial charge in [0.1, 0.15) is 5.82 Å². The number of H-pyrrole nitrogens is 1. The van der Waals surface area contributed by atoms with Crippen LogP contribution in [0.15, 0.2) is 65.8 Å².